The molecule has 2 aromatic carbocycles. The van der Waals surface area contributed by atoms with E-state index < -0.39 is 0 Å². The van der Waals surface area contributed by atoms with Gasteiger partial charge in [0, 0.05) is 31.7 Å². The molecule has 7 heteroatoms. The Balaban J connectivity index is 1.47. The van der Waals surface area contributed by atoms with Crippen molar-refractivity contribution in [2.75, 3.05) is 29.6 Å². The summed E-state index contributed by atoms with van der Waals surface area (Å²) in [6.45, 7) is 0.564. The number of anilines is 3. The molecule has 2 heterocycles. The van der Waals surface area contributed by atoms with Crippen LogP contribution in [0.25, 0.3) is 10.9 Å². The maximum Gasteiger partial charge on any atom is 0.276 e. The van der Waals surface area contributed by atoms with E-state index in [2.05, 4.69) is 37.9 Å². The minimum absolute atomic E-state index is 0.258. The van der Waals surface area contributed by atoms with E-state index >= 15 is 0 Å². The first kappa shape index (κ1) is 19.3. The van der Waals surface area contributed by atoms with Crippen LogP contribution < -0.4 is 15.5 Å². The molecule has 0 saturated heterocycles. The molecule has 0 spiro atoms. The lowest BCUT2D eigenvalue weighted by Crippen LogP contribution is -2.15. The van der Waals surface area contributed by atoms with Gasteiger partial charge in [-0.15, -0.1) is 10.2 Å². The number of fused-ring (bicyclic) bond motifs is 1. The summed E-state index contributed by atoms with van der Waals surface area (Å²) in [4.78, 5) is 19.0. The van der Waals surface area contributed by atoms with Crippen LogP contribution in [0.15, 0.2) is 72.8 Å². The Labute approximate surface area is 174 Å². The first-order valence-electron chi connectivity index (χ1n) is 9.60. The van der Waals surface area contributed by atoms with Crippen molar-refractivity contribution in [2.24, 2.45) is 0 Å². The van der Waals surface area contributed by atoms with Gasteiger partial charge in [0.1, 0.15) is 11.6 Å². The molecule has 2 aromatic heterocycles. The van der Waals surface area contributed by atoms with Crippen molar-refractivity contribution in [3.63, 3.8) is 0 Å². The van der Waals surface area contributed by atoms with Crippen LogP contribution in [-0.4, -0.2) is 35.2 Å². The third kappa shape index (κ3) is 4.35. The van der Waals surface area contributed by atoms with Gasteiger partial charge in [-0.05, 0) is 42.0 Å². The zero-order valence-electron chi connectivity index (χ0n) is 16.8. The monoisotopic (exact) mass is 398 g/mol. The zero-order valence-corrected chi connectivity index (χ0v) is 16.8. The van der Waals surface area contributed by atoms with Crippen molar-refractivity contribution in [3.8, 4) is 0 Å². The Morgan fingerprint density at radius 1 is 0.933 bits per heavy atom. The Hall–Kier alpha value is -4.00. The molecule has 0 bridgehead atoms. The molecule has 4 rings (SSSR count). The van der Waals surface area contributed by atoms with Crippen molar-refractivity contribution < 1.29 is 4.79 Å². The van der Waals surface area contributed by atoms with Gasteiger partial charge in [-0.25, -0.2) is 4.98 Å². The molecule has 0 unspecified atom stereocenters. The van der Waals surface area contributed by atoms with E-state index in [-0.39, 0.29) is 11.6 Å². The normalized spacial score (nSPS) is 10.6. The number of para-hydroxylation sites is 2. The van der Waals surface area contributed by atoms with Crippen LogP contribution in [0, 0.1) is 0 Å². The van der Waals surface area contributed by atoms with Gasteiger partial charge in [-0.2, -0.15) is 0 Å². The zero-order chi connectivity index (χ0) is 20.9. The highest BCUT2D eigenvalue weighted by molar-refractivity contribution is 6.02. The molecule has 150 valence electrons. The number of nitrogens with zero attached hydrogens (tertiary/aromatic N) is 4. The van der Waals surface area contributed by atoms with E-state index in [0.717, 1.165) is 22.3 Å². The summed E-state index contributed by atoms with van der Waals surface area (Å²) in [5.41, 5.74) is 3.03. The molecule has 0 radical (unpaired) electrons. The van der Waals surface area contributed by atoms with Gasteiger partial charge in [-0.1, -0.05) is 36.4 Å². The van der Waals surface area contributed by atoms with E-state index in [4.69, 9.17) is 0 Å². The number of pyridine rings is 1. The Kier molecular flexibility index (Phi) is 5.52. The second-order valence-electron chi connectivity index (χ2n) is 7.03. The van der Waals surface area contributed by atoms with Crippen LogP contribution in [0.3, 0.4) is 0 Å². The molecule has 30 heavy (non-hydrogen) atoms. The van der Waals surface area contributed by atoms with Gasteiger partial charge < -0.3 is 15.5 Å². The Bertz CT molecular complexity index is 1160. The molecule has 2 N–H and O–H groups in total. The van der Waals surface area contributed by atoms with Gasteiger partial charge in [0.2, 0.25) is 0 Å². The number of hydrogen-bond acceptors (Lipinski definition) is 6. The summed E-state index contributed by atoms with van der Waals surface area (Å²) < 4.78 is 0. The van der Waals surface area contributed by atoms with Crippen LogP contribution in [-0.2, 0) is 6.54 Å². The standard InChI is InChI=1S/C23H22N6O/c1-29(2)22-14-16(18-10-6-7-11-19(18)26-22)15-24-21-13-12-20(27-28-21)23(30)25-17-8-4-3-5-9-17/h3-14H,15H2,1-2H3,(H,24,28)(H,25,30). The smallest absolute Gasteiger partial charge is 0.276 e. The van der Waals surface area contributed by atoms with Gasteiger partial charge in [-0.3, -0.25) is 4.79 Å². The molecule has 0 aliphatic carbocycles. The summed E-state index contributed by atoms with van der Waals surface area (Å²) in [6.07, 6.45) is 0. The van der Waals surface area contributed by atoms with Crippen molar-refractivity contribution in [2.45, 2.75) is 6.54 Å². The van der Waals surface area contributed by atoms with E-state index in [1.165, 1.54) is 0 Å². The van der Waals surface area contributed by atoms with Gasteiger partial charge in [0.05, 0.1) is 5.52 Å². The number of carbonyl (C=O) groups excluding carboxylic acids is 1. The van der Waals surface area contributed by atoms with Gasteiger partial charge in [0.25, 0.3) is 5.91 Å². The van der Waals surface area contributed by atoms with Crippen molar-refractivity contribution in [3.05, 3.63) is 84.1 Å². The molecule has 0 saturated carbocycles. The third-order valence-electron chi connectivity index (χ3n) is 4.64. The van der Waals surface area contributed by atoms with Crippen LogP contribution in [0.4, 0.5) is 17.3 Å². The molecular formula is C23H22N6O. The number of benzene rings is 2. The predicted octanol–water partition coefficient (Wildman–Crippen LogP) is 3.96. The fourth-order valence-corrected chi connectivity index (χ4v) is 3.06. The number of amides is 1. The fourth-order valence-electron chi connectivity index (χ4n) is 3.06. The molecule has 0 fully saturated rings. The molecule has 0 aliphatic rings. The lowest BCUT2D eigenvalue weighted by molar-refractivity contribution is 0.102. The van der Waals surface area contributed by atoms with E-state index in [1.54, 1.807) is 12.1 Å². The highest BCUT2D eigenvalue weighted by Crippen LogP contribution is 2.23. The van der Waals surface area contributed by atoms with Crippen molar-refractivity contribution >= 4 is 34.1 Å². The fraction of sp³-hybridized carbons (Fsp3) is 0.130. The molecule has 4 aromatic rings. The largest absolute Gasteiger partial charge is 0.364 e. The SMILES string of the molecule is CN(C)c1cc(CNc2ccc(C(=O)Nc3ccccc3)nn2)c2ccccc2n1. The highest BCUT2D eigenvalue weighted by Gasteiger charge is 2.10. The van der Waals surface area contributed by atoms with Gasteiger partial charge in [0.15, 0.2) is 5.69 Å². The van der Waals surface area contributed by atoms with E-state index in [9.17, 15) is 4.79 Å². The van der Waals surface area contributed by atoms with E-state index in [1.807, 2.05) is 67.5 Å². The topological polar surface area (TPSA) is 83.0 Å². The predicted molar refractivity (Wildman–Crippen MR) is 120 cm³/mol. The third-order valence-corrected chi connectivity index (χ3v) is 4.64. The summed E-state index contributed by atoms with van der Waals surface area (Å²) in [7, 11) is 3.94. The molecule has 7 nitrogen and oxygen atoms in total. The Morgan fingerprint density at radius 2 is 1.70 bits per heavy atom. The highest BCUT2D eigenvalue weighted by atomic mass is 16.1. The summed E-state index contributed by atoms with van der Waals surface area (Å²) >= 11 is 0. The molecule has 1 amide bonds. The van der Waals surface area contributed by atoms with Crippen LogP contribution in [0.5, 0.6) is 0 Å². The maximum absolute atomic E-state index is 12.3. The minimum atomic E-state index is -0.295. The number of carbonyl (C=O) groups is 1. The lowest BCUT2D eigenvalue weighted by Gasteiger charge is -2.15. The summed E-state index contributed by atoms with van der Waals surface area (Å²) in [5, 5.41) is 15.4. The van der Waals surface area contributed by atoms with Crippen LogP contribution in [0.1, 0.15) is 16.1 Å². The van der Waals surface area contributed by atoms with Crippen molar-refractivity contribution in [1.29, 1.82) is 0 Å². The Morgan fingerprint density at radius 3 is 2.43 bits per heavy atom. The number of hydrogen-bond donors (Lipinski definition) is 2. The average Bonchev–Trinajstić information content (AvgIpc) is 2.78. The maximum atomic E-state index is 12.3. The first-order chi connectivity index (χ1) is 14.6. The number of rotatable bonds is 6. The quantitative estimate of drug-likeness (QED) is 0.512. The average molecular weight is 398 g/mol. The second-order valence-corrected chi connectivity index (χ2v) is 7.03. The van der Waals surface area contributed by atoms with Crippen LogP contribution in [0.2, 0.25) is 0 Å². The van der Waals surface area contributed by atoms with Crippen LogP contribution >= 0.6 is 0 Å². The second kappa shape index (κ2) is 8.57. The molecule has 0 aliphatic heterocycles. The van der Waals surface area contributed by atoms with Gasteiger partial charge >= 0.3 is 0 Å². The number of nitrogens with one attached hydrogen (secondary N) is 2. The molecular weight excluding hydrogens is 376 g/mol. The van der Waals surface area contributed by atoms with E-state index in [0.29, 0.717) is 18.1 Å². The minimum Gasteiger partial charge on any atom is -0.364 e. The summed E-state index contributed by atoms with van der Waals surface area (Å²) in [6, 6.07) is 22.8. The molecule has 0 atom stereocenters. The summed E-state index contributed by atoms with van der Waals surface area (Å²) in [5.74, 6) is 1.19. The first-order valence-corrected chi connectivity index (χ1v) is 9.60. The lowest BCUT2D eigenvalue weighted by atomic mass is 10.1. The number of aromatic nitrogens is 3. The van der Waals surface area contributed by atoms with Crippen molar-refractivity contribution in [1.82, 2.24) is 15.2 Å².